The van der Waals surface area contributed by atoms with Crippen LogP contribution in [0.4, 0.5) is 4.39 Å². The minimum atomic E-state index is -0.323. The highest BCUT2D eigenvalue weighted by Gasteiger charge is 2.37. The Morgan fingerprint density at radius 3 is 2.59 bits per heavy atom. The second-order valence-corrected chi connectivity index (χ2v) is 8.40. The Morgan fingerprint density at radius 1 is 1.07 bits per heavy atom. The highest BCUT2D eigenvalue weighted by molar-refractivity contribution is 8.24. The molecule has 29 heavy (non-hydrogen) atoms. The number of furan rings is 1. The summed E-state index contributed by atoms with van der Waals surface area (Å²) in [5.41, 5.74) is 1.37. The number of nitrogens with zero attached hydrogens (tertiary/aromatic N) is 1. The van der Waals surface area contributed by atoms with Crippen molar-refractivity contribution in [3.8, 4) is 5.75 Å². The molecule has 4 rings (SSSR count). The lowest BCUT2D eigenvalue weighted by Crippen LogP contribution is -2.31. The highest BCUT2D eigenvalue weighted by atomic mass is 32.2. The second kappa shape index (κ2) is 8.80. The molecular formula is C22H18FNO3S2. The number of rotatable bonds is 7. The largest absolute Gasteiger partial charge is 0.489 e. The fourth-order valence-electron chi connectivity index (χ4n) is 3.11. The van der Waals surface area contributed by atoms with Crippen molar-refractivity contribution in [2.24, 2.45) is 0 Å². The van der Waals surface area contributed by atoms with Crippen LogP contribution in [0.25, 0.3) is 0 Å². The van der Waals surface area contributed by atoms with E-state index in [-0.39, 0.29) is 23.6 Å². The average molecular weight is 428 g/mol. The lowest BCUT2D eigenvalue weighted by Gasteiger charge is -2.15. The Bertz CT molecular complexity index is 1020. The fourth-order valence-corrected chi connectivity index (χ4v) is 4.63. The molecule has 2 aromatic carbocycles. The molecule has 2 heterocycles. The Labute approximate surface area is 177 Å². The van der Waals surface area contributed by atoms with Gasteiger partial charge in [-0.1, -0.05) is 60.4 Å². The molecule has 148 valence electrons. The maximum absolute atomic E-state index is 13.9. The topological polar surface area (TPSA) is 42.7 Å². The first-order chi connectivity index (χ1) is 14.1. The number of carbonyl (C=O) groups excluding carboxylic acids is 1. The van der Waals surface area contributed by atoms with E-state index in [1.54, 1.807) is 35.4 Å². The van der Waals surface area contributed by atoms with Crippen LogP contribution in [0.5, 0.6) is 5.75 Å². The van der Waals surface area contributed by atoms with E-state index in [4.69, 9.17) is 21.4 Å². The van der Waals surface area contributed by atoms with E-state index in [1.165, 1.54) is 17.8 Å². The summed E-state index contributed by atoms with van der Waals surface area (Å²) in [6.45, 7) is 0.456. The van der Waals surface area contributed by atoms with Gasteiger partial charge in [-0.3, -0.25) is 9.69 Å². The van der Waals surface area contributed by atoms with Crippen LogP contribution in [0.2, 0.25) is 0 Å². The maximum atomic E-state index is 13.9. The monoisotopic (exact) mass is 427 g/mol. The summed E-state index contributed by atoms with van der Waals surface area (Å²) < 4.78 is 25.6. The molecule has 0 aliphatic carbocycles. The van der Waals surface area contributed by atoms with Gasteiger partial charge < -0.3 is 9.15 Å². The minimum absolute atomic E-state index is 0.0414. The Balaban J connectivity index is 1.45. The summed E-state index contributed by atoms with van der Waals surface area (Å²) in [5.74, 6) is 0.987. The first kappa shape index (κ1) is 19.7. The fraction of sp³-hybridized carbons (Fsp3) is 0.182. The molecule has 0 saturated carbocycles. The first-order valence-electron chi connectivity index (χ1n) is 9.10. The molecule has 4 nitrogen and oxygen atoms in total. The molecule has 1 amide bonds. The van der Waals surface area contributed by atoms with Crippen molar-refractivity contribution in [3.05, 3.63) is 89.6 Å². The standard InChI is InChI=1S/C22H18FNO3S2/c23-18-9-3-1-7-16(18)14-27-19-10-4-2-6-15(19)12-20-21(25)24(22(28)29-20)13-17-8-5-11-26-17/h1-11,20H,12-14H2/t20-/m1/s1. The SMILES string of the molecule is O=C1[C@@H](Cc2ccccc2OCc2ccccc2F)SC(=S)N1Cc1ccco1. The molecule has 0 unspecified atom stereocenters. The van der Waals surface area contributed by atoms with Crippen LogP contribution in [-0.2, 0) is 24.4 Å². The van der Waals surface area contributed by atoms with Crippen molar-refractivity contribution in [1.82, 2.24) is 4.90 Å². The van der Waals surface area contributed by atoms with Gasteiger partial charge in [0.2, 0.25) is 5.91 Å². The molecule has 0 bridgehead atoms. The molecule has 3 aromatic rings. The van der Waals surface area contributed by atoms with Crippen LogP contribution in [-0.4, -0.2) is 20.4 Å². The van der Waals surface area contributed by atoms with Crippen molar-refractivity contribution < 1.29 is 18.3 Å². The van der Waals surface area contributed by atoms with Gasteiger partial charge in [-0.05, 0) is 36.2 Å². The number of ether oxygens (including phenoxy) is 1. The lowest BCUT2D eigenvalue weighted by atomic mass is 10.1. The number of hydrogen-bond acceptors (Lipinski definition) is 5. The van der Waals surface area contributed by atoms with E-state index in [2.05, 4.69) is 0 Å². The summed E-state index contributed by atoms with van der Waals surface area (Å²) in [6.07, 6.45) is 2.05. The van der Waals surface area contributed by atoms with Crippen LogP contribution in [0.15, 0.2) is 71.3 Å². The van der Waals surface area contributed by atoms with Crippen LogP contribution >= 0.6 is 24.0 Å². The van der Waals surface area contributed by atoms with E-state index in [9.17, 15) is 9.18 Å². The number of thiocarbonyl (C=S) groups is 1. The van der Waals surface area contributed by atoms with Crippen molar-refractivity contribution in [3.63, 3.8) is 0 Å². The predicted octanol–water partition coefficient (Wildman–Crippen LogP) is 4.97. The summed E-state index contributed by atoms with van der Waals surface area (Å²) in [6, 6.07) is 17.6. The third-order valence-electron chi connectivity index (χ3n) is 4.62. The summed E-state index contributed by atoms with van der Waals surface area (Å²) in [5, 5.41) is -0.323. The van der Waals surface area contributed by atoms with Gasteiger partial charge in [-0.2, -0.15) is 0 Å². The highest BCUT2D eigenvalue weighted by Crippen LogP contribution is 2.33. The number of thioether (sulfide) groups is 1. The maximum Gasteiger partial charge on any atom is 0.242 e. The van der Waals surface area contributed by atoms with Crippen molar-refractivity contribution in [2.45, 2.75) is 24.8 Å². The van der Waals surface area contributed by atoms with Crippen molar-refractivity contribution >= 4 is 34.2 Å². The number of para-hydroxylation sites is 1. The van der Waals surface area contributed by atoms with Gasteiger partial charge in [-0.15, -0.1) is 0 Å². The van der Waals surface area contributed by atoms with Gasteiger partial charge in [0.1, 0.15) is 28.3 Å². The molecule has 1 fully saturated rings. The van der Waals surface area contributed by atoms with E-state index >= 15 is 0 Å². The molecular weight excluding hydrogens is 409 g/mol. The summed E-state index contributed by atoms with van der Waals surface area (Å²) in [4.78, 5) is 14.4. The van der Waals surface area contributed by atoms with Crippen molar-refractivity contribution in [1.29, 1.82) is 0 Å². The number of halogens is 1. The van der Waals surface area contributed by atoms with Gasteiger partial charge >= 0.3 is 0 Å². The van der Waals surface area contributed by atoms with E-state index in [0.717, 1.165) is 5.56 Å². The third kappa shape index (κ3) is 4.52. The van der Waals surface area contributed by atoms with Crippen molar-refractivity contribution in [2.75, 3.05) is 0 Å². The van der Waals surface area contributed by atoms with Gasteiger partial charge in [0.15, 0.2) is 0 Å². The number of benzene rings is 2. The lowest BCUT2D eigenvalue weighted by molar-refractivity contribution is -0.126. The van der Waals surface area contributed by atoms with Crippen LogP contribution in [0, 0.1) is 5.82 Å². The normalized spacial score (nSPS) is 16.4. The van der Waals surface area contributed by atoms with Gasteiger partial charge in [0.25, 0.3) is 0 Å². The molecule has 0 radical (unpaired) electrons. The molecule has 1 saturated heterocycles. The van der Waals surface area contributed by atoms with Gasteiger partial charge in [-0.25, -0.2) is 4.39 Å². The molecule has 1 aromatic heterocycles. The molecule has 1 atom stereocenters. The number of carbonyl (C=O) groups is 1. The second-order valence-electron chi connectivity index (χ2n) is 6.57. The molecule has 0 spiro atoms. The smallest absolute Gasteiger partial charge is 0.242 e. The zero-order chi connectivity index (χ0) is 20.2. The molecule has 7 heteroatoms. The Kier molecular flexibility index (Phi) is 5.97. The van der Waals surface area contributed by atoms with E-state index in [1.807, 2.05) is 30.3 Å². The summed E-state index contributed by atoms with van der Waals surface area (Å²) in [7, 11) is 0. The molecule has 0 N–H and O–H groups in total. The van der Waals surface area contributed by atoms with E-state index < -0.39 is 0 Å². The molecule has 1 aliphatic heterocycles. The quantitative estimate of drug-likeness (QED) is 0.498. The summed E-state index contributed by atoms with van der Waals surface area (Å²) >= 11 is 6.77. The average Bonchev–Trinajstić information content (AvgIpc) is 3.33. The molecule has 1 aliphatic rings. The number of hydrogen-bond donors (Lipinski definition) is 0. The van der Waals surface area contributed by atoms with Crippen LogP contribution < -0.4 is 4.74 Å². The predicted molar refractivity (Wildman–Crippen MR) is 114 cm³/mol. The Morgan fingerprint density at radius 2 is 1.83 bits per heavy atom. The van der Waals surface area contributed by atoms with Gasteiger partial charge in [0, 0.05) is 5.56 Å². The Hall–Kier alpha value is -2.64. The van der Waals surface area contributed by atoms with Crippen LogP contribution in [0.3, 0.4) is 0 Å². The van der Waals surface area contributed by atoms with E-state index in [0.29, 0.717) is 34.4 Å². The minimum Gasteiger partial charge on any atom is -0.489 e. The zero-order valence-electron chi connectivity index (χ0n) is 15.4. The number of amides is 1. The zero-order valence-corrected chi connectivity index (χ0v) is 17.0. The first-order valence-corrected chi connectivity index (χ1v) is 10.4. The van der Waals surface area contributed by atoms with Crippen LogP contribution in [0.1, 0.15) is 16.9 Å². The third-order valence-corrected chi connectivity index (χ3v) is 6.20. The van der Waals surface area contributed by atoms with Gasteiger partial charge in [0.05, 0.1) is 18.1 Å².